The van der Waals surface area contributed by atoms with Crippen molar-refractivity contribution in [2.24, 2.45) is 0 Å². The number of allylic oxidation sites excluding steroid dienone is 1. The Morgan fingerprint density at radius 1 is 1.43 bits per heavy atom. The molecule has 1 N–H and O–H groups in total. The number of methoxy groups -OCH3 is 1. The van der Waals surface area contributed by atoms with E-state index in [1.165, 1.54) is 5.56 Å². The lowest BCUT2D eigenvalue weighted by atomic mass is 10.2. The summed E-state index contributed by atoms with van der Waals surface area (Å²) in [5.41, 5.74) is 2.33. The molecule has 0 spiro atoms. The van der Waals surface area contributed by atoms with E-state index >= 15 is 0 Å². The molecule has 0 aliphatic rings. The van der Waals surface area contributed by atoms with E-state index < -0.39 is 0 Å². The lowest BCUT2D eigenvalue weighted by Crippen LogP contribution is -1.98. The molecule has 0 radical (unpaired) electrons. The fourth-order valence-electron chi connectivity index (χ4n) is 1.23. The van der Waals surface area contributed by atoms with Crippen molar-refractivity contribution >= 4 is 5.69 Å². The summed E-state index contributed by atoms with van der Waals surface area (Å²) in [7, 11) is 1.71. The van der Waals surface area contributed by atoms with Crippen LogP contribution in [0.25, 0.3) is 0 Å². The minimum atomic E-state index is 0.666. The SMILES string of the molecule is C/C=C/CNc1cccc(COC)c1. The number of rotatable bonds is 5. The van der Waals surface area contributed by atoms with Gasteiger partial charge in [-0.2, -0.15) is 0 Å². The second kappa shape index (κ2) is 6.22. The van der Waals surface area contributed by atoms with Gasteiger partial charge in [0, 0.05) is 19.3 Å². The average molecular weight is 191 g/mol. The number of benzene rings is 1. The number of anilines is 1. The Bertz CT molecular complexity index is 294. The zero-order chi connectivity index (χ0) is 10.2. The Morgan fingerprint density at radius 2 is 2.29 bits per heavy atom. The van der Waals surface area contributed by atoms with E-state index in [0.717, 1.165) is 12.2 Å². The molecule has 1 aromatic carbocycles. The maximum Gasteiger partial charge on any atom is 0.0713 e. The van der Waals surface area contributed by atoms with Crippen LogP contribution >= 0.6 is 0 Å². The van der Waals surface area contributed by atoms with Crippen LogP contribution in [-0.2, 0) is 11.3 Å². The number of hydrogen-bond acceptors (Lipinski definition) is 2. The molecule has 0 saturated heterocycles. The Kier molecular flexibility index (Phi) is 4.79. The summed E-state index contributed by atoms with van der Waals surface area (Å²) < 4.78 is 5.07. The highest BCUT2D eigenvalue weighted by Crippen LogP contribution is 2.10. The lowest BCUT2D eigenvalue weighted by molar-refractivity contribution is 0.185. The molecule has 2 heteroatoms. The first-order valence-corrected chi connectivity index (χ1v) is 4.79. The van der Waals surface area contributed by atoms with Crippen LogP contribution in [0, 0.1) is 0 Å². The predicted molar refractivity (Wildman–Crippen MR) is 60.5 cm³/mol. The lowest BCUT2D eigenvalue weighted by Gasteiger charge is -2.05. The second-order valence-electron chi connectivity index (χ2n) is 3.08. The van der Waals surface area contributed by atoms with Crippen molar-refractivity contribution in [2.45, 2.75) is 13.5 Å². The van der Waals surface area contributed by atoms with Crippen molar-refractivity contribution in [3.05, 3.63) is 42.0 Å². The fourth-order valence-corrected chi connectivity index (χ4v) is 1.23. The van der Waals surface area contributed by atoms with Gasteiger partial charge >= 0.3 is 0 Å². The summed E-state index contributed by atoms with van der Waals surface area (Å²) in [6, 6.07) is 8.26. The minimum Gasteiger partial charge on any atom is -0.382 e. The Balaban J connectivity index is 2.54. The van der Waals surface area contributed by atoms with E-state index in [9.17, 15) is 0 Å². The molecule has 1 rings (SSSR count). The standard InChI is InChI=1S/C12H17NO/c1-3-4-8-13-12-7-5-6-11(9-12)10-14-2/h3-7,9,13H,8,10H2,1-2H3/b4-3+. The first-order valence-electron chi connectivity index (χ1n) is 4.79. The molecule has 0 unspecified atom stereocenters. The summed E-state index contributed by atoms with van der Waals surface area (Å²) in [5.74, 6) is 0. The predicted octanol–water partition coefficient (Wildman–Crippen LogP) is 2.82. The smallest absolute Gasteiger partial charge is 0.0713 e. The molecule has 0 amide bonds. The second-order valence-corrected chi connectivity index (χ2v) is 3.08. The normalized spacial score (nSPS) is 10.7. The molecule has 76 valence electrons. The zero-order valence-electron chi connectivity index (χ0n) is 8.79. The highest BCUT2D eigenvalue weighted by atomic mass is 16.5. The summed E-state index contributed by atoms with van der Waals surface area (Å²) in [4.78, 5) is 0. The first kappa shape index (κ1) is 10.8. The summed E-state index contributed by atoms with van der Waals surface area (Å²) in [6.07, 6.45) is 4.12. The molecule has 0 aromatic heterocycles. The summed E-state index contributed by atoms with van der Waals surface area (Å²) in [5, 5.41) is 3.30. The van der Waals surface area contributed by atoms with Crippen LogP contribution in [0.5, 0.6) is 0 Å². The third-order valence-electron chi connectivity index (χ3n) is 1.90. The number of nitrogens with one attached hydrogen (secondary N) is 1. The van der Waals surface area contributed by atoms with Gasteiger partial charge in [0.15, 0.2) is 0 Å². The minimum absolute atomic E-state index is 0.666. The van der Waals surface area contributed by atoms with E-state index in [2.05, 4.69) is 29.6 Å². The van der Waals surface area contributed by atoms with Crippen molar-refractivity contribution in [3.63, 3.8) is 0 Å². The van der Waals surface area contributed by atoms with E-state index in [1.807, 2.05) is 19.1 Å². The summed E-state index contributed by atoms with van der Waals surface area (Å²) >= 11 is 0. The molecule has 0 bridgehead atoms. The zero-order valence-corrected chi connectivity index (χ0v) is 8.79. The largest absolute Gasteiger partial charge is 0.382 e. The van der Waals surface area contributed by atoms with Crippen molar-refractivity contribution < 1.29 is 4.74 Å². The van der Waals surface area contributed by atoms with E-state index in [1.54, 1.807) is 7.11 Å². The third kappa shape index (κ3) is 3.62. The molecule has 0 saturated carbocycles. The Labute approximate surface area is 85.6 Å². The highest BCUT2D eigenvalue weighted by molar-refractivity contribution is 5.46. The monoisotopic (exact) mass is 191 g/mol. The first-order chi connectivity index (χ1) is 6.86. The Morgan fingerprint density at radius 3 is 3.00 bits per heavy atom. The number of ether oxygens (including phenoxy) is 1. The van der Waals surface area contributed by atoms with Gasteiger partial charge in [-0.1, -0.05) is 24.3 Å². The van der Waals surface area contributed by atoms with Crippen LogP contribution in [0.15, 0.2) is 36.4 Å². The van der Waals surface area contributed by atoms with Gasteiger partial charge in [-0.05, 0) is 24.6 Å². The molecule has 0 fully saturated rings. The summed E-state index contributed by atoms with van der Waals surface area (Å²) in [6.45, 7) is 3.55. The van der Waals surface area contributed by atoms with Crippen LogP contribution < -0.4 is 5.32 Å². The van der Waals surface area contributed by atoms with Gasteiger partial charge < -0.3 is 10.1 Å². The van der Waals surface area contributed by atoms with Gasteiger partial charge in [0.05, 0.1) is 6.61 Å². The topological polar surface area (TPSA) is 21.3 Å². The van der Waals surface area contributed by atoms with E-state index in [4.69, 9.17) is 4.74 Å². The van der Waals surface area contributed by atoms with Crippen LogP contribution in [0.2, 0.25) is 0 Å². The van der Waals surface area contributed by atoms with Gasteiger partial charge in [0.1, 0.15) is 0 Å². The van der Waals surface area contributed by atoms with Gasteiger partial charge in [0.25, 0.3) is 0 Å². The molecule has 0 atom stereocenters. The van der Waals surface area contributed by atoms with Crippen molar-refractivity contribution in [3.8, 4) is 0 Å². The van der Waals surface area contributed by atoms with Gasteiger partial charge in [-0.25, -0.2) is 0 Å². The van der Waals surface area contributed by atoms with Crippen LogP contribution in [-0.4, -0.2) is 13.7 Å². The van der Waals surface area contributed by atoms with Crippen LogP contribution in [0.4, 0.5) is 5.69 Å². The molecular formula is C12H17NO. The Hall–Kier alpha value is -1.28. The van der Waals surface area contributed by atoms with E-state index in [0.29, 0.717) is 6.61 Å². The maximum absolute atomic E-state index is 5.07. The fraction of sp³-hybridized carbons (Fsp3) is 0.333. The van der Waals surface area contributed by atoms with Crippen LogP contribution in [0.3, 0.4) is 0 Å². The van der Waals surface area contributed by atoms with Gasteiger partial charge in [-0.15, -0.1) is 0 Å². The van der Waals surface area contributed by atoms with Crippen molar-refractivity contribution in [2.75, 3.05) is 19.0 Å². The molecule has 0 aliphatic carbocycles. The average Bonchev–Trinajstić information content (AvgIpc) is 2.19. The highest BCUT2D eigenvalue weighted by Gasteiger charge is 1.93. The third-order valence-corrected chi connectivity index (χ3v) is 1.90. The molecular weight excluding hydrogens is 174 g/mol. The number of hydrogen-bond donors (Lipinski definition) is 1. The molecule has 0 aliphatic heterocycles. The quantitative estimate of drug-likeness (QED) is 0.722. The maximum atomic E-state index is 5.07. The molecule has 1 aromatic rings. The molecule has 2 nitrogen and oxygen atoms in total. The molecule has 14 heavy (non-hydrogen) atoms. The van der Waals surface area contributed by atoms with Gasteiger partial charge in [0.2, 0.25) is 0 Å². The van der Waals surface area contributed by atoms with Crippen molar-refractivity contribution in [1.82, 2.24) is 0 Å². The molecule has 0 heterocycles. The van der Waals surface area contributed by atoms with Crippen LogP contribution in [0.1, 0.15) is 12.5 Å². The van der Waals surface area contributed by atoms with Gasteiger partial charge in [-0.3, -0.25) is 0 Å². The van der Waals surface area contributed by atoms with E-state index in [-0.39, 0.29) is 0 Å². The van der Waals surface area contributed by atoms with Crippen molar-refractivity contribution in [1.29, 1.82) is 0 Å².